The number of benzene rings is 1. The lowest BCUT2D eigenvalue weighted by atomic mass is 10.0. The molecule has 2 aliphatic rings. The summed E-state index contributed by atoms with van der Waals surface area (Å²) in [6, 6.07) is 7.77. The molecule has 0 radical (unpaired) electrons. The van der Waals surface area contributed by atoms with Crippen LogP contribution in [-0.2, 0) is 4.74 Å². The Morgan fingerprint density at radius 2 is 1.91 bits per heavy atom. The molecule has 3 atom stereocenters. The molecule has 2 heterocycles. The van der Waals surface area contributed by atoms with Crippen LogP contribution in [0.15, 0.2) is 24.3 Å². The summed E-state index contributed by atoms with van der Waals surface area (Å²) in [4.78, 5) is 12.9. The summed E-state index contributed by atoms with van der Waals surface area (Å²) in [6.45, 7) is 1.04. The average molecular weight is 321 g/mol. The van der Waals surface area contributed by atoms with Crippen LogP contribution in [0.4, 0.5) is 4.79 Å². The van der Waals surface area contributed by atoms with E-state index in [1.165, 1.54) is 0 Å². The third kappa shape index (κ3) is 3.69. The lowest BCUT2D eigenvalue weighted by Gasteiger charge is -2.37. The quantitative estimate of drug-likeness (QED) is 0.816. The van der Waals surface area contributed by atoms with Gasteiger partial charge in [-0.15, -0.1) is 0 Å². The van der Waals surface area contributed by atoms with Gasteiger partial charge in [0.15, 0.2) is 0 Å². The normalized spacial score (nSPS) is 26.1. The Labute approximate surface area is 135 Å². The fourth-order valence-corrected chi connectivity index (χ4v) is 3.61. The van der Waals surface area contributed by atoms with Gasteiger partial charge in [0, 0.05) is 38.1 Å². The van der Waals surface area contributed by atoms with Crippen molar-refractivity contribution in [2.45, 2.75) is 43.9 Å². The second kappa shape index (κ2) is 7.08. The number of hydrogen-bond acceptors (Lipinski definition) is 4. The maximum Gasteiger partial charge on any atom is 0.407 e. The van der Waals surface area contributed by atoms with Gasteiger partial charge in [-0.1, -0.05) is 6.07 Å². The molecule has 0 spiro atoms. The first-order chi connectivity index (χ1) is 11.2. The topological polar surface area (TPSA) is 68.2 Å². The number of nitrogens with zero attached hydrogens (tertiary/aromatic N) is 1. The van der Waals surface area contributed by atoms with Crippen molar-refractivity contribution in [2.24, 2.45) is 0 Å². The van der Waals surface area contributed by atoms with E-state index < -0.39 is 6.09 Å². The van der Waals surface area contributed by atoms with Gasteiger partial charge in [0.05, 0.1) is 6.61 Å². The second-order valence-electron chi connectivity index (χ2n) is 6.10. The highest BCUT2D eigenvalue weighted by Crippen LogP contribution is 2.37. The highest BCUT2D eigenvalue weighted by atomic mass is 16.5. The first-order valence-electron chi connectivity index (χ1n) is 8.07. The minimum Gasteiger partial charge on any atom is -0.491 e. The molecule has 0 aliphatic carbocycles. The zero-order valence-corrected chi connectivity index (χ0v) is 13.3. The molecule has 1 N–H and O–H groups in total. The van der Waals surface area contributed by atoms with Crippen LogP contribution in [0.5, 0.6) is 11.5 Å². The smallest absolute Gasteiger partial charge is 0.407 e. The van der Waals surface area contributed by atoms with Crippen LogP contribution in [-0.4, -0.2) is 54.6 Å². The van der Waals surface area contributed by atoms with Crippen molar-refractivity contribution in [3.63, 3.8) is 0 Å². The Bertz CT molecular complexity index is 536. The van der Waals surface area contributed by atoms with Crippen LogP contribution in [0.2, 0.25) is 0 Å². The largest absolute Gasteiger partial charge is 0.491 e. The lowest BCUT2D eigenvalue weighted by molar-refractivity contribution is 0.0494. The summed E-state index contributed by atoms with van der Waals surface area (Å²) in [5.41, 5.74) is 0. The first kappa shape index (κ1) is 15.9. The molecule has 2 aliphatic heterocycles. The first-order valence-corrected chi connectivity index (χ1v) is 8.07. The molecule has 0 unspecified atom stereocenters. The molecule has 23 heavy (non-hydrogen) atoms. The van der Waals surface area contributed by atoms with Gasteiger partial charge in [-0.25, -0.2) is 4.79 Å². The van der Waals surface area contributed by atoms with Gasteiger partial charge in [-0.3, -0.25) is 0 Å². The van der Waals surface area contributed by atoms with Crippen LogP contribution in [0.3, 0.4) is 0 Å². The molecule has 6 heteroatoms. The Balaban J connectivity index is 1.58. The van der Waals surface area contributed by atoms with Gasteiger partial charge in [0.25, 0.3) is 0 Å². The number of amides is 1. The third-order valence-corrected chi connectivity index (χ3v) is 4.58. The average Bonchev–Trinajstić information content (AvgIpc) is 2.80. The molecule has 1 aromatic carbocycles. The number of rotatable bonds is 6. The predicted molar refractivity (Wildman–Crippen MR) is 84.1 cm³/mol. The fraction of sp³-hybridized carbons (Fsp3) is 0.588. The minimum atomic E-state index is -0.801. The molecule has 126 valence electrons. The maximum absolute atomic E-state index is 11.3. The highest BCUT2D eigenvalue weighted by molar-refractivity contribution is 5.66. The molecule has 6 nitrogen and oxygen atoms in total. The van der Waals surface area contributed by atoms with Gasteiger partial charge in [0.1, 0.15) is 24.2 Å². The van der Waals surface area contributed by atoms with E-state index in [2.05, 4.69) is 0 Å². The van der Waals surface area contributed by atoms with E-state index in [4.69, 9.17) is 14.2 Å². The van der Waals surface area contributed by atoms with Crippen molar-refractivity contribution in [1.82, 2.24) is 4.90 Å². The zero-order valence-electron chi connectivity index (χ0n) is 13.3. The predicted octanol–water partition coefficient (Wildman–Crippen LogP) is 2.76. The Morgan fingerprint density at radius 1 is 1.22 bits per heavy atom. The van der Waals surface area contributed by atoms with Crippen LogP contribution in [0.25, 0.3) is 0 Å². The van der Waals surface area contributed by atoms with E-state index in [1.54, 1.807) is 12.0 Å². The summed E-state index contributed by atoms with van der Waals surface area (Å²) in [5.74, 6) is 1.53. The van der Waals surface area contributed by atoms with Crippen LogP contribution in [0.1, 0.15) is 25.7 Å². The van der Waals surface area contributed by atoms with Crippen molar-refractivity contribution in [3.8, 4) is 11.5 Å². The van der Waals surface area contributed by atoms with Gasteiger partial charge in [-0.05, 0) is 25.0 Å². The van der Waals surface area contributed by atoms with E-state index >= 15 is 0 Å². The SMILES string of the molecule is COCCOc1cccc(O[C@H]2C[C@H]3CC[C@@H](C2)N3C(=O)O)c1. The second-order valence-corrected chi connectivity index (χ2v) is 6.10. The summed E-state index contributed by atoms with van der Waals surface area (Å²) in [6.07, 6.45) is 2.67. The Hall–Kier alpha value is -1.95. The number of fused-ring (bicyclic) bond motifs is 2. The molecule has 2 bridgehead atoms. The molecular weight excluding hydrogens is 298 g/mol. The maximum atomic E-state index is 11.3. The Morgan fingerprint density at radius 3 is 2.57 bits per heavy atom. The number of hydrogen-bond donors (Lipinski definition) is 1. The van der Waals surface area contributed by atoms with Gasteiger partial charge < -0.3 is 24.2 Å². The van der Waals surface area contributed by atoms with Crippen molar-refractivity contribution >= 4 is 6.09 Å². The fourth-order valence-electron chi connectivity index (χ4n) is 3.61. The molecule has 0 saturated carbocycles. The van der Waals surface area contributed by atoms with E-state index in [0.29, 0.717) is 13.2 Å². The number of piperidine rings is 1. The molecule has 3 rings (SSSR count). The molecule has 2 saturated heterocycles. The van der Waals surface area contributed by atoms with Crippen LogP contribution >= 0.6 is 0 Å². The van der Waals surface area contributed by atoms with Crippen molar-refractivity contribution < 1.29 is 24.1 Å². The number of carbonyl (C=O) groups is 1. The van der Waals surface area contributed by atoms with Gasteiger partial charge in [0.2, 0.25) is 0 Å². The molecule has 1 amide bonds. The molecule has 1 aromatic rings. The Kier molecular flexibility index (Phi) is 4.91. The van der Waals surface area contributed by atoms with E-state index in [0.717, 1.165) is 37.2 Å². The summed E-state index contributed by atoms with van der Waals surface area (Å²) in [5, 5.41) is 9.29. The molecule has 0 aromatic heterocycles. The standard InChI is InChI=1S/C17H23NO5/c1-21-7-8-22-14-3-2-4-15(11-14)23-16-9-12-5-6-13(10-16)18(12)17(19)20/h2-4,11-13,16H,5-10H2,1H3,(H,19,20)/t12-,13+,16+. The molecular formula is C17H23NO5. The summed E-state index contributed by atoms with van der Waals surface area (Å²) >= 11 is 0. The number of ether oxygens (including phenoxy) is 3. The van der Waals surface area contributed by atoms with Crippen LogP contribution in [0, 0.1) is 0 Å². The lowest BCUT2D eigenvalue weighted by Crippen LogP contribution is -2.48. The van der Waals surface area contributed by atoms with Crippen LogP contribution < -0.4 is 9.47 Å². The summed E-state index contributed by atoms with van der Waals surface area (Å²) < 4.78 is 16.6. The van der Waals surface area contributed by atoms with Crippen molar-refractivity contribution in [1.29, 1.82) is 0 Å². The van der Waals surface area contributed by atoms with Gasteiger partial charge >= 0.3 is 6.09 Å². The van der Waals surface area contributed by atoms with E-state index in [1.807, 2.05) is 24.3 Å². The van der Waals surface area contributed by atoms with Crippen molar-refractivity contribution in [3.05, 3.63) is 24.3 Å². The number of carboxylic acid groups (broad SMARTS) is 1. The monoisotopic (exact) mass is 321 g/mol. The van der Waals surface area contributed by atoms with E-state index in [-0.39, 0.29) is 18.2 Å². The highest BCUT2D eigenvalue weighted by Gasteiger charge is 2.44. The van der Waals surface area contributed by atoms with Crippen molar-refractivity contribution in [2.75, 3.05) is 20.3 Å². The van der Waals surface area contributed by atoms with Gasteiger partial charge in [-0.2, -0.15) is 0 Å². The third-order valence-electron chi connectivity index (χ3n) is 4.58. The minimum absolute atomic E-state index is 0.0670. The zero-order chi connectivity index (χ0) is 16.2. The van der Waals surface area contributed by atoms with E-state index in [9.17, 15) is 9.90 Å². The number of methoxy groups -OCH3 is 1. The summed E-state index contributed by atoms with van der Waals surface area (Å²) in [7, 11) is 1.64. The molecule has 2 fully saturated rings.